The average Bonchev–Trinajstić information content (AvgIpc) is 2.31. The fraction of sp³-hybridized carbons (Fsp3) is 0.636. The molecule has 1 rings (SSSR count). The topological polar surface area (TPSA) is 139 Å². The van der Waals surface area contributed by atoms with Gasteiger partial charge in [-0.2, -0.15) is 0 Å². The Morgan fingerprint density at radius 2 is 1.32 bits per heavy atom. The van der Waals surface area contributed by atoms with Gasteiger partial charge in [-0.25, -0.2) is 4.79 Å². The molecule has 0 radical (unpaired) electrons. The van der Waals surface area contributed by atoms with Gasteiger partial charge < -0.3 is 20.9 Å². The fourth-order valence-electron chi connectivity index (χ4n) is 1.47. The minimum atomic E-state index is -1.78. The number of hydrogen-bond donors (Lipinski definition) is 2. The molecule has 1 aliphatic heterocycles. The van der Waals surface area contributed by atoms with Gasteiger partial charge in [0.1, 0.15) is 0 Å². The van der Waals surface area contributed by atoms with E-state index in [1.807, 2.05) is 0 Å². The molecule has 8 nitrogen and oxygen atoms in total. The monoisotopic (exact) mass is 272 g/mol. The Bertz CT molecular complexity index is 404. The number of carbonyl (C=O) groups is 4. The quantitative estimate of drug-likeness (QED) is 0.328. The third-order valence-electron chi connectivity index (χ3n) is 2.57. The summed E-state index contributed by atoms with van der Waals surface area (Å²) in [5.74, 6) is -3.49. The van der Waals surface area contributed by atoms with Crippen LogP contribution in [0.4, 0.5) is 0 Å². The van der Waals surface area contributed by atoms with E-state index in [4.69, 9.17) is 11.5 Å². The van der Waals surface area contributed by atoms with Crippen molar-refractivity contribution in [2.24, 2.45) is 11.5 Å². The SMILES string of the molecule is NC1(N)CCCCC(=O)OC(=O)CCC(=O)OC1=O. The van der Waals surface area contributed by atoms with Crippen molar-refractivity contribution in [3.05, 3.63) is 0 Å². The molecule has 0 aromatic heterocycles. The van der Waals surface area contributed by atoms with Crippen LogP contribution in [0.5, 0.6) is 0 Å². The maximum atomic E-state index is 11.5. The molecule has 1 saturated heterocycles. The second-order valence-electron chi connectivity index (χ2n) is 4.36. The van der Waals surface area contributed by atoms with E-state index < -0.39 is 29.5 Å². The van der Waals surface area contributed by atoms with Gasteiger partial charge in [-0.15, -0.1) is 0 Å². The van der Waals surface area contributed by atoms with Crippen molar-refractivity contribution in [3.63, 3.8) is 0 Å². The Labute approximate surface area is 109 Å². The standard InChI is InChI=1S/C11H16N2O6/c12-11(13)6-2-1-3-7(14)18-8(15)4-5-9(16)19-10(11)17/h1-6,12-13H2. The lowest BCUT2D eigenvalue weighted by Crippen LogP contribution is -2.57. The summed E-state index contributed by atoms with van der Waals surface area (Å²) < 4.78 is 8.89. The highest BCUT2D eigenvalue weighted by molar-refractivity contribution is 5.92. The second-order valence-corrected chi connectivity index (χ2v) is 4.36. The first kappa shape index (κ1) is 15.3. The Kier molecular flexibility index (Phi) is 5.13. The molecular weight excluding hydrogens is 256 g/mol. The van der Waals surface area contributed by atoms with Gasteiger partial charge in [0, 0.05) is 6.42 Å². The highest BCUT2D eigenvalue weighted by Crippen LogP contribution is 2.12. The third kappa shape index (κ3) is 5.14. The molecule has 0 spiro atoms. The second kappa shape index (κ2) is 6.39. The molecule has 4 N–H and O–H groups in total. The van der Waals surface area contributed by atoms with Crippen LogP contribution < -0.4 is 11.5 Å². The van der Waals surface area contributed by atoms with Gasteiger partial charge in [-0.3, -0.25) is 14.4 Å². The number of ether oxygens (including phenoxy) is 2. The Hall–Kier alpha value is -1.80. The molecule has 0 unspecified atom stereocenters. The zero-order valence-electron chi connectivity index (χ0n) is 10.3. The Balaban J connectivity index is 2.72. The zero-order chi connectivity index (χ0) is 14.5. The van der Waals surface area contributed by atoms with Crippen LogP contribution in [0.2, 0.25) is 0 Å². The van der Waals surface area contributed by atoms with E-state index in [0.717, 1.165) is 0 Å². The van der Waals surface area contributed by atoms with E-state index in [9.17, 15) is 19.2 Å². The summed E-state index contributed by atoms with van der Waals surface area (Å²) in [5.41, 5.74) is 9.28. The lowest BCUT2D eigenvalue weighted by atomic mass is 10.0. The molecule has 0 aromatic carbocycles. The summed E-state index contributed by atoms with van der Waals surface area (Å²) >= 11 is 0. The van der Waals surface area contributed by atoms with Crippen LogP contribution in [0.1, 0.15) is 38.5 Å². The van der Waals surface area contributed by atoms with Crippen LogP contribution in [-0.2, 0) is 28.7 Å². The Morgan fingerprint density at radius 3 is 1.95 bits per heavy atom. The average molecular weight is 272 g/mol. The number of carbonyl (C=O) groups excluding carboxylic acids is 4. The summed E-state index contributed by atoms with van der Waals surface area (Å²) in [5, 5.41) is 0. The smallest absolute Gasteiger partial charge is 0.348 e. The summed E-state index contributed by atoms with van der Waals surface area (Å²) in [7, 11) is 0. The summed E-state index contributed by atoms with van der Waals surface area (Å²) in [4.78, 5) is 45.2. The molecular formula is C11H16N2O6. The molecule has 1 fully saturated rings. The van der Waals surface area contributed by atoms with Gasteiger partial charge in [0.2, 0.25) is 0 Å². The van der Waals surface area contributed by atoms with Gasteiger partial charge in [0.15, 0.2) is 5.66 Å². The third-order valence-corrected chi connectivity index (χ3v) is 2.57. The molecule has 0 aromatic rings. The van der Waals surface area contributed by atoms with Crippen molar-refractivity contribution in [1.82, 2.24) is 0 Å². The predicted octanol–water partition coefficient (Wildman–Crippen LogP) is -0.906. The van der Waals surface area contributed by atoms with Gasteiger partial charge in [0.05, 0.1) is 12.8 Å². The molecule has 0 atom stereocenters. The van der Waals surface area contributed by atoms with Gasteiger partial charge in [-0.05, 0) is 19.3 Å². The van der Waals surface area contributed by atoms with E-state index in [-0.39, 0.29) is 25.7 Å². The lowest BCUT2D eigenvalue weighted by molar-refractivity contribution is -0.167. The predicted molar refractivity (Wildman–Crippen MR) is 61.0 cm³/mol. The molecule has 1 aliphatic rings. The number of hydrogen-bond acceptors (Lipinski definition) is 8. The van der Waals surface area contributed by atoms with Crippen molar-refractivity contribution in [1.29, 1.82) is 0 Å². The highest BCUT2D eigenvalue weighted by Gasteiger charge is 2.32. The van der Waals surface area contributed by atoms with Crippen LogP contribution in [0.25, 0.3) is 0 Å². The van der Waals surface area contributed by atoms with Crippen molar-refractivity contribution < 1.29 is 28.7 Å². The first-order valence-corrected chi connectivity index (χ1v) is 5.87. The molecule has 106 valence electrons. The highest BCUT2D eigenvalue weighted by atomic mass is 16.6. The first-order valence-electron chi connectivity index (χ1n) is 5.87. The number of rotatable bonds is 0. The molecule has 0 saturated carbocycles. The normalized spacial score (nSPS) is 22.6. The van der Waals surface area contributed by atoms with Crippen LogP contribution in [0, 0.1) is 0 Å². The summed E-state index contributed by atoms with van der Waals surface area (Å²) in [6.07, 6.45) is 0.0716. The van der Waals surface area contributed by atoms with Gasteiger partial charge >= 0.3 is 23.9 Å². The minimum absolute atomic E-state index is 0.0187. The molecule has 1 heterocycles. The van der Waals surface area contributed by atoms with Crippen LogP contribution in [0.15, 0.2) is 0 Å². The molecule has 8 heteroatoms. The first-order chi connectivity index (χ1) is 8.81. The number of nitrogens with two attached hydrogens (primary N) is 2. The van der Waals surface area contributed by atoms with Gasteiger partial charge in [0.25, 0.3) is 0 Å². The molecule has 19 heavy (non-hydrogen) atoms. The largest absolute Gasteiger partial charge is 0.393 e. The zero-order valence-corrected chi connectivity index (χ0v) is 10.3. The van der Waals surface area contributed by atoms with Crippen LogP contribution in [0.3, 0.4) is 0 Å². The maximum absolute atomic E-state index is 11.5. The van der Waals surface area contributed by atoms with E-state index in [1.54, 1.807) is 0 Å². The van der Waals surface area contributed by atoms with E-state index >= 15 is 0 Å². The molecule has 0 aliphatic carbocycles. The summed E-state index contributed by atoms with van der Waals surface area (Å²) in [6.45, 7) is 0. The van der Waals surface area contributed by atoms with Gasteiger partial charge in [-0.1, -0.05) is 0 Å². The van der Waals surface area contributed by atoms with Crippen molar-refractivity contribution in [2.75, 3.05) is 0 Å². The lowest BCUT2D eigenvalue weighted by Gasteiger charge is -2.21. The Morgan fingerprint density at radius 1 is 0.789 bits per heavy atom. The fourth-order valence-corrected chi connectivity index (χ4v) is 1.47. The van der Waals surface area contributed by atoms with E-state index in [1.165, 1.54) is 0 Å². The number of esters is 4. The van der Waals surface area contributed by atoms with Crippen molar-refractivity contribution >= 4 is 23.9 Å². The van der Waals surface area contributed by atoms with Crippen LogP contribution >= 0.6 is 0 Å². The van der Waals surface area contributed by atoms with E-state index in [2.05, 4.69) is 9.47 Å². The summed E-state index contributed by atoms with van der Waals surface area (Å²) in [6, 6.07) is 0. The molecule has 0 bridgehead atoms. The molecule has 0 amide bonds. The van der Waals surface area contributed by atoms with Crippen molar-refractivity contribution in [3.8, 4) is 0 Å². The van der Waals surface area contributed by atoms with Crippen LogP contribution in [-0.4, -0.2) is 29.5 Å². The minimum Gasteiger partial charge on any atom is -0.393 e. The van der Waals surface area contributed by atoms with Crippen molar-refractivity contribution in [2.45, 2.75) is 44.2 Å². The number of cyclic esters (lactones) is 4. The maximum Gasteiger partial charge on any atom is 0.348 e. The van der Waals surface area contributed by atoms with E-state index in [0.29, 0.717) is 12.8 Å².